The van der Waals surface area contributed by atoms with E-state index < -0.39 is 0 Å². The lowest BCUT2D eigenvalue weighted by molar-refractivity contribution is 0.859. The maximum atomic E-state index is 3.40. The average molecular weight is 179 g/mol. The van der Waals surface area contributed by atoms with Crippen LogP contribution in [0.15, 0.2) is 22.8 Å². The number of fused-ring (bicyclic) bond motifs is 1. The van der Waals surface area contributed by atoms with Gasteiger partial charge in [-0.05, 0) is 30.4 Å². The van der Waals surface area contributed by atoms with Crippen molar-refractivity contribution in [2.75, 3.05) is 13.1 Å². The Balaban J connectivity index is 0.000000396. The van der Waals surface area contributed by atoms with Gasteiger partial charge in [-0.2, -0.15) is 0 Å². The maximum absolute atomic E-state index is 3.40. The van der Waals surface area contributed by atoms with E-state index in [1.807, 2.05) is 13.8 Å². The molecule has 0 saturated carbocycles. The molecule has 1 N–H and O–H groups in total. The number of allylic oxidation sites excluding steroid dienone is 2. The van der Waals surface area contributed by atoms with Crippen LogP contribution in [-0.4, -0.2) is 13.1 Å². The first-order chi connectivity index (χ1) is 6.42. The van der Waals surface area contributed by atoms with Crippen LogP contribution in [0.2, 0.25) is 0 Å². The summed E-state index contributed by atoms with van der Waals surface area (Å²) >= 11 is 0. The Bertz CT molecular complexity index is 223. The second-order valence-electron chi connectivity index (χ2n) is 3.31. The van der Waals surface area contributed by atoms with Crippen molar-refractivity contribution >= 4 is 0 Å². The Morgan fingerprint density at radius 1 is 1.31 bits per heavy atom. The van der Waals surface area contributed by atoms with Crippen LogP contribution < -0.4 is 5.32 Å². The molecule has 1 heterocycles. The molecule has 0 radical (unpaired) electrons. The summed E-state index contributed by atoms with van der Waals surface area (Å²) in [6.07, 6.45) is 6.21. The van der Waals surface area contributed by atoms with Gasteiger partial charge in [0, 0.05) is 13.1 Å². The topological polar surface area (TPSA) is 12.0 Å². The summed E-state index contributed by atoms with van der Waals surface area (Å²) in [5, 5.41) is 3.40. The Morgan fingerprint density at radius 2 is 2.08 bits per heavy atom. The Morgan fingerprint density at radius 3 is 2.77 bits per heavy atom. The molecule has 0 bridgehead atoms. The summed E-state index contributed by atoms with van der Waals surface area (Å²) in [5.41, 5.74) is 4.89. The monoisotopic (exact) mass is 179 g/mol. The van der Waals surface area contributed by atoms with Gasteiger partial charge in [0.15, 0.2) is 0 Å². The molecule has 0 aromatic rings. The summed E-state index contributed by atoms with van der Waals surface area (Å²) in [6.45, 7) is 8.50. The highest BCUT2D eigenvalue weighted by Crippen LogP contribution is 2.29. The van der Waals surface area contributed by atoms with Crippen molar-refractivity contribution in [2.45, 2.75) is 40.0 Å². The lowest BCUT2D eigenvalue weighted by atomic mass is 9.91. The number of nitrogens with one attached hydrogen (secondary N) is 1. The molecule has 74 valence electrons. The molecule has 1 aliphatic carbocycles. The van der Waals surface area contributed by atoms with E-state index in [0.717, 1.165) is 13.1 Å². The molecule has 2 aliphatic rings. The van der Waals surface area contributed by atoms with Crippen molar-refractivity contribution in [1.82, 2.24) is 5.32 Å². The lowest BCUT2D eigenvalue weighted by Gasteiger charge is -2.14. The van der Waals surface area contributed by atoms with Gasteiger partial charge < -0.3 is 5.32 Å². The fourth-order valence-corrected chi connectivity index (χ4v) is 2.05. The Hall–Kier alpha value is -0.560. The summed E-state index contributed by atoms with van der Waals surface area (Å²) in [7, 11) is 0. The highest BCUT2D eigenvalue weighted by Gasteiger charge is 2.18. The van der Waals surface area contributed by atoms with E-state index >= 15 is 0 Å². The van der Waals surface area contributed by atoms with Crippen LogP contribution in [0.3, 0.4) is 0 Å². The van der Waals surface area contributed by atoms with Crippen LogP contribution in [0, 0.1) is 0 Å². The van der Waals surface area contributed by atoms with Crippen molar-refractivity contribution in [1.29, 1.82) is 0 Å². The highest BCUT2D eigenvalue weighted by atomic mass is 14.9. The predicted molar refractivity (Wildman–Crippen MR) is 58.9 cm³/mol. The van der Waals surface area contributed by atoms with Gasteiger partial charge in [0.25, 0.3) is 0 Å². The third-order valence-electron chi connectivity index (χ3n) is 2.70. The first-order valence-corrected chi connectivity index (χ1v) is 5.53. The highest BCUT2D eigenvalue weighted by molar-refractivity contribution is 5.43. The van der Waals surface area contributed by atoms with Crippen molar-refractivity contribution in [3.8, 4) is 0 Å². The van der Waals surface area contributed by atoms with Gasteiger partial charge in [-0.15, -0.1) is 0 Å². The van der Waals surface area contributed by atoms with E-state index in [1.54, 1.807) is 16.7 Å². The third kappa shape index (κ3) is 2.22. The zero-order chi connectivity index (χ0) is 9.68. The van der Waals surface area contributed by atoms with Crippen molar-refractivity contribution in [3.63, 3.8) is 0 Å². The van der Waals surface area contributed by atoms with E-state index in [0.29, 0.717) is 0 Å². The largest absolute Gasteiger partial charge is 0.309 e. The van der Waals surface area contributed by atoms with Gasteiger partial charge in [-0.25, -0.2) is 0 Å². The standard InChI is InChI=1S/C10H15N.C2H6/c1-2-8-4-3-5-9-6-11-7-10(8)9;1-2/h5,11H,2-4,6-7H2,1H3;1-2H3. The molecule has 0 amide bonds. The van der Waals surface area contributed by atoms with Crippen LogP contribution in [0.5, 0.6) is 0 Å². The summed E-state index contributed by atoms with van der Waals surface area (Å²) in [5.74, 6) is 0. The van der Waals surface area contributed by atoms with E-state index in [1.165, 1.54) is 19.3 Å². The van der Waals surface area contributed by atoms with Crippen LogP contribution >= 0.6 is 0 Å². The molecular formula is C12H21N. The van der Waals surface area contributed by atoms with Gasteiger partial charge in [-0.3, -0.25) is 0 Å². The minimum Gasteiger partial charge on any atom is -0.309 e. The van der Waals surface area contributed by atoms with Gasteiger partial charge in [0.1, 0.15) is 0 Å². The summed E-state index contributed by atoms with van der Waals surface area (Å²) in [6, 6.07) is 0. The van der Waals surface area contributed by atoms with Gasteiger partial charge in [0.2, 0.25) is 0 Å². The van der Waals surface area contributed by atoms with Crippen molar-refractivity contribution in [3.05, 3.63) is 22.8 Å². The molecule has 1 fully saturated rings. The molecule has 0 aromatic heterocycles. The van der Waals surface area contributed by atoms with Crippen LogP contribution in [0.4, 0.5) is 0 Å². The van der Waals surface area contributed by atoms with Gasteiger partial charge in [-0.1, -0.05) is 32.4 Å². The van der Waals surface area contributed by atoms with Crippen LogP contribution in [-0.2, 0) is 0 Å². The molecule has 0 aromatic carbocycles. The zero-order valence-corrected chi connectivity index (χ0v) is 9.11. The summed E-state index contributed by atoms with van der Waals surface area (Å²) < 4.78 is 0. The van der Waals surface area contributed by atoms with Crippen molar-refractivity contribution < 1.29 is 0 Å². The zero-order valence-electron chi connectivity index (χ0n) is 9.11. The first kappa shape index (κ1) is 10.5. The number of rotatable bonds is 1. The fourth-order valence-electron chi connectivity index (χ4n) is 2.05. The van der Waals surface area contributed by atoms with Crippen LogP contribution in [0.1, 0.15) is 40.0 Å². The van der Waals surface area contributed by atoms with E-state index in [-0.39, 0.29) is 0 Å². The number of hydrogen-bond donors (Lipinski definition) is 1. The van der Waals surface area contributed by atoms with E-state index in [4.69, 9.17) is 0 Å². The van der Waals surface area contributed by atoms with Crippen LogP contribution in [0.25, 0.3) is 0 Å². The minimum absolute atomic E-state index is 1.11. The molecule has 13 heavy (non-hydrogen) atoms. The molecule has 0 atom stereocenters. The molecule has 2 rings (SSSR count). The minimum atomic E-state index is 1.11. The van der Waals surface area contributed by atoms with Gasteiger partial charge >= 0.3 is 0 Å². The predicted octanol–water partition coefficient (Wildman–Crippen LogP) is 3.04. The SMILES string of the molecule is CC.CCC1=C2CNCC2=CCC1. The van der Waals surface area contributed by atoms with E-state index in [9.17, 15) is 0 Å². The molecular weight excluding hydrogens is 158 g/mol. The quantitative estimate of drug-likeness (QED) is 0.652. The third-order valence-corrected chi connectivity index (χ3v) is 2.70. The summed E-state index contributed by atoms with van der Waals surface area (Å²) in [4.78, 5) is 0. The normalized spacial score (nSPS) is 20.4. The molecule has 1 nitrogen and oxygen atoms in total. The molecule has 0 spiro atoms. The molecule has 1 aliphatic heterocycles. The smallest absolute Gasteiger partial charge is 0.0211 e. The lowest BCUT2D eigenvalue weighted by Crippen LogP contribution is -2.05. The van der Waals surface area contributed by atoms with Crippen molar-refractivity contribution in [2.24, 2.45) is 0 Å². The Kier molecular flexibility index (Phi) is 4.23. The molecule has 1 saturated heterocycles. The Labute approximate surface area is 81.9 Å². The number of hydrogen-bond acceptors (Lipinski definition) is 1. The van der Waals surface area contributed by atoms with Gasteiger partial charge in [0.05, 0.1) is 0 Å². The van der Waals surface area contributed by atoms with E-state index in [2.05, 4.69) is 18.3 Å². The average Bonchev–Trinajstić information content (AvgIpc) is 2.68. The molecule has 0 unspecified atom stereocenters. The first-order valence-electron chi connectivity index (χ1n) is 5.53. The fraction of sp³-hybridized carbons (Fsp3) is 0.667. The maximum Gasteiger partial charge on any atom is 0.0211 e. The second kappa shape index (κ2) is 5.23. The molecule has 1 heteroatoms. The second-order valence-corrected chi connectivity index (χ2v) is 3.31.